The topological polar surface area (TPSA) is 71.0 Å². The van der Waals surface area contributed by atoms with Crippen molar-refractivity contribution in [1.82, 2.24) is 10.4 Å². The molecule has 0 aliphatic carbocycles. The van der Waals surface area contributed by atoms with Crippen LogP contribution in [0.5, 0.6) is 0 Å². The molecule has 0 aromatic heterocycles. The summed E-state index contributed by atoms with van der Waals surface area (Å²) in [7, 11) is 1.52. The maximum Gasteiger partial charge on any atom is 0.243 e. The number of aliphatic hydroxyl groups excluding tert-OH is 1. The van der Waals surface area contributed by atoms with Gasteiger partial charge in [-0.1, -0.05) is 68.8 Å². The van der Waals surface area contributed by atoms with Crippen molar-refractivity contribution in [2.75, 3.05) is 20.2 Å². The van der Waals surface area contributed by atoms with Gasteiger partial charge >= 0.3 is 0 Å². The Bertz CT molecular complexity index is 830. The number of benzene rings is 2. The first kappa shape index (κ1) is 27.0. The standard InChI is InChI=1S/C27H40N2O4/c1-6-29(7-2)20-21-12-14-22(15-13-21)23-16-18-24(19-17-23)25(30)10-8-9-11-26(31)28-33-27(3,4)32-5/h12-19,25,30H,6-11,20H2,1-5H3,(H,28,31)/t25-/m1/s1. The van der Waals surface area contributed by atoms with E-state index in [2.05, 4.69) is 60.6 Å². The van der Waals surface area contributed by atoms with Gasteiger partial charge in [-0.25, -0.2) is 10.3 Å². The van der Waals surface area contributed by atoms with Crippen LogP contribution in [0.25, 0.3) is 11.1 Å². The third kappa shape index (κ3) is 9.26. The summed E-state index contributed by atoms with van der Waals surface area (Å²) in [6, 6.07) is 16.8. The third-order valence-electron chi connectivity index (χ3n) is 5.92. The van der Waals surface area contributed by atoms with Crippen molar-refractivity contribution < 1.29 is 19.5 Å². The molecule has 2 N–H and O–H groups in total. The third-order valence-corrected chi connectivity index (χ3v) is 5.92. The van der Waals surface area contributed by atoms with Crippen molar-refractivity contribution in [3.8, 4) is 11.1 Å². The molecular formula is C27H40N2O4. The quantitative estimate of drug-likeness (QED) is 0.232. The molecule has 0 bridgehead atoms. The molecule has 0 aliphatic heterocycles. The zero-order valence-corrected chi connectivity index (χ0v) is 20.8. The molecule has 6 heteroatoms. The fraction of sp³-hybridized carbons (Fsp3) is 0.519. The van der Waals surface area contributed by atoms with Gasteiger partial charge in [0.15, 0.2) is 5.79 Å². The van der Waals surface area contributed by atoms with Gasteiger partial charge in [0, 0.05) is 20.1 Å². The van der Waals surface area contributed by atoms with E-state index in [0.29, 0.717) is 19.3 Å². The molecule has 2 rings (SSSR count). The van der Waals surface area contributed by atoms with Crippen molar-refractivity contribution >= 4 is 5.91 Å². The van der Waals surface area contributed by atoms with Gasteiger partial charge < -0.3 is 9.84 Å². The van der Waals surface area contributed by atoms with Crippen molar-refractivity contribution in [1.29, 1.82) is 0 Å². The minimum atomic E-state index is -0.856. The summed E-state index contributed by atoms with van der Waals surface area (Å²) in [5, 5.41) is 10.5. The van der Waals surface area contributed by atoms with Crippen LogP contribution in [0.2, 0.25) is 0 Å². The number of carbonyl (C=O) groups is 1. The number of aliphatic hydroxyl groups is 1. The van der Waals surface area contributed by atoms with Crippen LogP contribution in [0.15, 0.2) is 48.5 Å². The van der Waals surface area contributed by atoms with Crippen molar-refractivity contribution in [3.05, 3.63) is 59.7 Å². The second-order valence-electron chi connectivity index (χ2n) is 8.77. The molecule has 1 atom stereocenters. The first-order valence-electron chi connectivity index (χ1n) is 11.9. The molecule has 0 saturated carbocycles. The Hall–Kier alpha value is -2.25. The molecule has 1 amide bonds. The van der Waals surface area contributed by atoms with Gasteiger partial charge in [-0.3, -0.25) is 9.69 Å². The van der Waals surface area contributed by atoms with Crippen LogP contribution in [0, 0.1) is 0 Å². The number of unbranched alkanes of at least 4 members (excludes halogenated alkanes) is 1. The molecule has 0 heterocycles. The lowest BCUT2D eigenvalue weighted by atomic mass is 9.98. The lowest BCUT2D eigenvalue weighted by Gasteiger charge is -2.22. The average Bonchev–Trinajstić information content (AvgIpc) is 2.84. The lowest BCUT2D eigenvalue weighted by molar-refractivity contribution is -0.231. The molecule has 0 aliphatic rings. The fourth-order valence-corrected chi connectivity index (χ4v) is 3.47. The number of ether oxygens (including phenoxy) is 1. The number of hydrogen-bond acceptors (Lipinski definition) is 5. The molecule has 6 nitrogen and oxygen atoms in total. The molecule has 33 heavy (non-hydrogen) atoms. The Balaban J connectivity index is 1.78. The maximum absolute atomic E-state index is 11.8. The van der Waals surface area contributed by atoms with Crippen LogP contribution in [0.3, 0.4) is 0 Å². The predicted molar refractivity (Wildman–Crippen MR) is 132 cm³/mol. The van der Waals surface area contributed by atoms with Crippen LogP contribution in [0.1, 0.15) is 70.6 Å². The van der Waals surface area contributed by atoms with E-state index in [-0.39, 0.29) is 5.91 Å². The zero-order chi connectivity index (χ0) is 24.3. The van der Waals surface area contributed by atoms with E-state index < -0.39 is 11.9 Å². The number of methoxy groups -OCH3 is 1. The van der Waals surface area contributed by atoms with Gasteiger partial charge in [0.05, 0.1) is 6.10 Å². The fourth-order valence-electron chi connectivity index (χ4n) is 3.47. The Morgan fingerprint density at radius 2 is 1.58 bits per heavy atom. The highest BCUT2D eigenvalue weighted by Crippen LogP contribution is 2.25. The molecule has 0 fully saturated rings. The smallest absolute Gasteiger partial charge is 0.243 e. The van der Waals surface area contributed by atoms with Gasteiger partial charge in [-0.15, -0.1) is 0 Å². The summed E-state index contributed by atoms with van der Waals surface area (Å²) in [5.74, 6) is -1.05. The minimum absolute atomic E-state index is 0.193. The molecule has 0 radical (unpaired) electrons. The summed E-state index contributed by atoms with van der Waals surface area (Å²) in [5.41, 5.74) is 6.92. The van der Waals surface area contributed by atoms with E-state index in [9.17, 15) is 9.90 Å². The zero-order valence-electron chi connectivity index (χ0n) is 20.8. The Morgan fingerprint density at radius 1 is 1.00 bits per heavy atom. The van der Waals surface area contributed by atoms with Gasteiger partial charge in [-0.2, -0.15) is 0 Å². The Labute approximate surface area is 198 Å². The first-order chi connectivity index (χ1) is 15.8. The van der Waals surface area contributed by atoms with Gasteiger partial charge in [0.25, 0.3) is 0 Å². The van der Waals surface area contributed by atoms with Crippen LogP contribution >= 0.6 is 0 Å². The summed E-state index contributed by atoms with van der Waals surface area (Å²) >= 11 is 0. The predicted octanol–water partition coefficient (Wildman–Crippen LogP) is 5.22. The lowest BCUT2D eigenvalue weighted by Crippen LogP contribution is -2.37. The van der Waals surface area contributed by atoms with Crippen molar-refractivity contribution in [2.45, 2.75) is 71.8 Å². The molecule has 0 spiro atoms. The van der Waals surface area contributed by atoms with E-state index in [1.165, 1.54) is 18.2 Å². The van der Waals surface area contributed by atoms with E-state index >= 15 is 0 Å². The summed E-state index contributed by atoms with van der Waals surface area (Å²) < 4.78 is 5.09. The number of hydrogen-bond donors (Lipinski definition) is 2. The molecule has 182 valence electrons. The normalized spacial score (nSPS) is 12.7. The van der Waals surface area contributed by atoms with E-state index in [0.717, 1.165) is 37.2 Å². The number of rotatable bonds is 14. The highest BCUT2D eigenvalue weighted by Gasteiger charge is 2.18. The van der Waals surface area contributed by atoms with Gasteiger partial charge in [0.1, 0.15) is 0 Å². The maximum atomic E-state index is 11.8. The van der Waals surface area contributed by atoms with Crippen LogP contribution < -0.4 is 5.48 Å². The average molecular weight is 457 g/mol. The molecule has 2 aromatic rings. The number of hydroxylamine groups is 1. The van der Waals surface area contributed by atoms with Gasteiger partial charge in [-0.05, 0) is 62.0 Å². The van der Waals surface area contributed by atoms with Crippen molar-refractivity contribution in [3.63, 3.8) is 0 Å². The summed E-state index contributed by atoms with van der Waals surface area (Å²) in [6.07, 6.45) is 1.84. The SMILES string of the molecule is CCN(CC)Cc1ccc(-c2ccc([C@H](O)CCCCC(=O)NOC(C)(C)OC)cc2)cc1. The van der Waals surface area contributed by atoms with Crippen LogP contribution in [-0.2, 0) is 20.9 Å². The second kappa shape index (κ2) is 13.5. The molecule has 2 aromatic carbocycles. The highest BCUT2D eigenvalue weighted by molar-refractivity contribution is 5.74. The summed E-state index contributed by atoms with van der Waals surface area (Å²) in [6.45, 7) is 10.9. The number of amides is 1. The second-order valence-corrected chi connectivity index (χ2v) is 8.77. The summed E-state index contributed by atoms with van der Waals surface area (Å²) in [4.78, 5) is 19.4. The molecule has 0 saturated heterocycles. The number of nitrogens with one attached hydrogen (secondary N) is 1. The van der Waals surface area contributed by atoms with E-state index in [1.54, 1.807) is 13.8 Å². The molecular weight excluding hydrogens is 416 g/mol. The Morgan fingerprint density at radius 3 is 2.12 bits per heavy atom. The Kier molecular flexibility index (Phi) is 11.0. The van der Waals surface area contributed by atoms with Crippen LogP contribution in [0.4, 0.5) is 0 Å². The minimum Gasteiger partial charge on any atom is -0.388 e. The first-order valence-corrected chi connectivity index (χ1v) is 11.9. The highest BCUT2D eigenvalue weighted by atomic mass is 16.8. The number of nitrogens with zero attached hydrogens (tertiary/aromatic N) is 1. The number of carbonyl (C=O) groups excluding carboxylic acids is 1. The monoisotopic (exact) mass is 456 g/mol. The largest absolute Gasteiger partial charge is 0.388 e. The molecule has 0 unspecified atom stereocenters. The van der Waals surface area contributed by atoms with Crippen LogP contribution in [-0.4, -0.2) is 41.9 Å². The van der Waals surface area contributed by atoms with Gasteiger partial charge in [0.2, 0.25) is 5.91 Å². The van der Waals surface area contributed by atoms with E-state index in [4.69, 9.17) is 9.57 Å². The van der Waals surface area contributed by atoms with E-state index in [1.807, 2.05) is 12.1 Å². The van der Waals surface area contributed by atoms with Crippen molar-refractivity contribution in [2.24, 2.45) is 0 Å².